The van der Waals surface area contributed by atoms with Crippen molar-refractivity contribution in [2.24, 2.45) is 0 Å². The number of para-hydroxylation sites is 1. The third kappa shape index (κ3) is 5.70. The lowest BCUT2D eigenvalue weighted by molar-refractivity contribution is -0.114. The van der Waals surface area contributed by atoms with E-state index < -0.39 is 0 Å². The molecule has 0 spiro atoms. The van der Waals surface area contributed by atoms with Crippen molar-refractivity contribution in [3.8, 4) is 0 Å². The first-order chi connectivity index (χ1) is 12.2. The fourth-order valence-corrected chi connectivity index (χ4v) is 3.10. The zero-order valence-corrected chi connectivity index (χ0v) is 16.9. The predicted octanol–water partition coefficient (Wildman–Crippen LogP) is 4.40. The third-order valence-electron chi connectivity index (χ3n) is 4.45. The van der Waals surface area contributed by atoms with Gasteiger partial charge >= 0.3 is 0 Å². The van der Waals surface area contributed by atoms with E-state index in [9.17, 15) is 9.90 Å². The molecule has 2 N–H and O–H groups in total. The molecule has 0 radical (unpaired) electrons. The fourth-order valence-electron chi connectivity index (χ4n) is 3.10. The van der Waals surface area contributed by atoms with Gasteiger partial charge in [-0.25, -0.2) is 0 Å². The first kappa shape index (κ1) is 21.9. The third-order valence-corrected chi connectivity index (χ3v) is 4.45. The second-order valence-corrected chi connectivity index (χ2v) is 7.01. The maximum atomic E-state index is 13.2. The standard InChI is InChI=1S/C21H33N3O2/c1-7-19(22)20(17(6)25)21(26)24(18-11-9-8-10-12-18)14-13-23(15(2)3)16(4)5/h8-12,15-16,22,25H,7,13-14H2,1-6H3. The van der Waals surface area contributed by atoms with Gasteiger partial charge in [0.1, 0.15) is 5.76 Å². The predicted molar refractivity (Wildman–Crippen MR) is 109 cm³/mol. The minimum Gasteiger partial charge on any atom is -0.512 e. The molecule has 0 aliphatic heterocycles. The molecule has 0 aliphatic rings. The number of benzene rings is 1. The highest BCUT2D eigenvalue weighted by atomic mass is 16.3. The highest BCUT2D eigenvalue weighted by Gasteiger charge is 2.25. The number of aliphatic hydroxyl groups excluding tert-OH is 1. The highest BCUT2D eigenvalue weighted by molar-refractivity contribution is 6.25. The van der Waals surface area contributed by atoms with Crippen LogP contribution < -0.4 is 4.90 Å². The first-order valence-electron chi connectivity index (χ1n) is 9.30. The van der Waals surface area contributed by atoms with E-state index in [2.05, 4.69) is 32.6 Å². The van der Waals surface area contributed by atoms with E-state index in [1.54, 1.807) is 4.90 Å². The number of anilines is 1. The van der Waals surface area contributed by atoms with Crippen LogP contribution in [-0.4, -0.2) is 46.8 Å². The summed E-state index contributed by atoms with van der Waals surface area (Å²) in [5.41, 5.74) is 1.02. The monoisotopic (exact) mass is 359 g/mol. The van der Waals surface area contributed by atoms with E-state index in [4.69, 9.17) is 5.41 Å². The zero-order valence-electron chi connectivity index (χ0n) is 16.9. The molecule has 1 amide bonds. The molecular weight excluding hydrogens is 326 g/mol. The minimum atomic E-state index is -0.324. The SMILES string of the molecule is CCC(=N)C(C(=O)N(CCN(C(C)C)C(C)C)c1ccccc1)=C(C)O. The van der Waals surface area contributed by atoms with Gasteiger partial charge in [-0.2, -0.15) is 0 Å². The summed E-state index contributed by atoms with van der Waals surface area (Å²) < 4.78 is 0. The van der Waals surface area contributed by atoms with Gasteiger partial charge < -0.3 is 15.4 Å². The minimum absolute atomic E-state index is 0.0944. The Morgan fingerprint density at radius 2 is 1.62 bits per heavy atom. The number of aliphatic hydroxyl groups is 1. The Hall–Kier alpha value is -2.14. The molecule has 5 nitrogen and oxygen atoms in total. The number of nitrogens with zero attached hydrogens (tertiary/aromatic N) is 2. The smallest absolute Gasteiger partial charge is 0.263 e. The van der Waals surface area contributed by atoms with Crippen LogP contribution >= 0.6 is 0 Å². The van der Waals surface area contributed by atoms with Gasteiger partial charge in [0.15, 0.2) is 0 Å². The Labute approximate surface area is 157 Å². The van der Waals surface area contributed by atoms with E-state index in [1.807, 2.05) is 37.3 Å². The molecule has 0 fully saturated rings. The summed E-state index contributed by atoms with van der Waals surface area (Å²) in [4.78, 5) is 17.2. The number of nitrogens with one attached hydrogen (secondary N) is 1. The lowest BCUT2D eigenvalue weighted by Gasteiger charge is -2.33. The molecule has 144 valence electrons. The topological polar surface area (TPSA) is 67.6 Å². The molecule has 1 aromatic carbocycles. The lowest BCUT2D eigenvalue weighted by Crippen LogP contribution is -2.45. The average Bonchev–Trinajstić information content (AvgIpc) is 2.58. The van der Waals surface area contributed by atoms with Gasteiger partial charge in [0.25, 0.3) is 5.91 Å². The highest BCUT2D eigenvalue weighted by Crippen LogP contribution is 2.19. The van der Waals surface area contributed by atoms with Crippen molar-refractivity contribution in [1.29, 1.82) is 5.41 Å². The van der Waals surface area contributed by atoms with Crippen molar-refractivity contribution in [3.63, 3.8) is 0 Å². The molecule has 26 heavy (non-hydrogen) atoms. The van der Waals surface area contributed by atoms with Crippen LogP contribution in [0, 0.1) is 5.41 Å². The Morgan fingerprint density at radius 3 is 2.04 bits per heavy atom. The Morgan fingerprint density at radius 1 is 1.08 bits per heavy atom. The number of rotatable bonds is 9. The lowest BCUT2D eigenvalue weighted by atomic mass is 10.0. The molecule has 0 atom stereocenters. The molecule has 0 saturated heterocycles. The number of hydrogen-bond donors (Lipinski definition) is 2. The molecule has 5 heteroatoms. The second kappa shape index (κ2) is 10.1. The van der Waals surface area contributed by atoms with E-state index in [1.165, 1.54) is 6.92 Å². The largest absolute Gasteiger partial charge is 0.512 e. The van der Waals surface area contributed by atoms with Gasteiger partial charge in [-0.3, -0.25) is 9.69 Å². The van der Waals surface area contributed by atoms with Crippen molar-refractivity contribution in [2.75, 3.05) is 18.0 Å². The van der Waals surface area contributed by atoms with Gasteiger partial charge in [-0.15, -0.1) is 0 Å². The van der Waals surface area contributed by atoms with Crippen molar-refractivity contribution < 1.29 is 9.90 Å². The van der Waals surface area contributed by atoms with Crippen LogP contribution in [0.15, 0.2) is 41.7 Å². The number of allylic oxidation sites excluding steroid dienone is 1. The molecule has 1 aromatic rings. The molecular formula is C21H33N3O2. The Kier molecular flexibility index (Phi) is 8.52. The van der Waals surface area contributed by atoms with E-state index in [0.29, 0.717) is 31.6 Å². The summed E-state index contributed by atoms with van der Waals surface area (Å²) in [7, 11) is 0. The Bertz CT molecular complexity index is 624. The van der Waals surface area contributed by atoms with Crippen LogP contribution in [-0.2, 0) is 4.79 Å². The van der Waals surface area contributed by atoms with E-state index in [-0.39, 0.29) is 23.0 Å². The normalized spacial score (nSPS) is 12.5. The summed E-state index contributed by atoms with van der Waals surface area (Å²) in [6.45, 7) is 13.1. The van der Waals surface area contributed by atoms with Crippen LogP contribution in [0.25, 0.3) is 0 Å². The number of hydrogen-bond acceptors (Lipinski definition) is 4. The quantitative estimate of drug-likeness (QED) is 0.390. The van der Waals surface area contributed by atoms with Gasteiger partial charge in [0.2, 0.25) is 0 Å². The van der Waals surface area contributed by atoms with Crippen LogP contribution in [0.3, 0.4) is 0 Å². The first-order valence-corrected chi connectivity index (χ1v) is 9.30. The maximum Gasteiger partial charge on any atom is 0.263 e. The summed E-state index contributed by atoms with van der Waals surface area (Å²) in [5, 5.41) is 18.1. The van der Waals surface area contributed by atoms with Crippen LogP contribution in [0.5, 0.6) is 0 Å². The summed E-state index contributed by atoms with van der Waals surface area (Å²) in [5.74, 6) is -0.428. The Balaban J connectivity index is 3.20. The molecule has 0 heterocycles. The molecule has 0 bridgehead atoms. The summed E-state index contributed by atoms with van der Waals surface area (Å²) in [6, 6.07) is 10.2. The molecule has 0 aromatic heterocycles. The van der Waals surface area contributed by atoms with E-state index >= 15 is 0 Å². The van der Waals surface area contributed by atoms with Crippen molar-refractivity contribution in [1.82, 2.24) is 4.90 Å². The van der Waals surface area contributed by atoms with Gasteiger partial charge in [0.05, 0.1) is 5.57 Å². The average molecular weight is 360 g/mol. The number of carbonyl (C=O) groups is 1. The van der Waals surface area contributed by atoms with Crippen molar-refractivity contribution in [3.05, 3.63) is 41.7 Å². The second-order valence-electron chi connectivity index (χ2n) is 7.01. The van der Waals surface area contributed by atoms with Crippen LogP contribution in [0.4, 0.5) is 5.69 Å². The molecule has 0 aliphatic carbocycles. The number of carbonyl (C=O) groups excluding carboxylic acids is 1. The molecule has 1 rings (SSSR count). The summed E-state index contributed by atoms with van der Waals surface area (Å²) in [6.07, 6.45) is 0.395. The van der Waals surface area contributed by atoms with E-state index in [0.717, 1.165) is 5.69 Å². The van der Waals surface area contributed by atoms with Crippen molar-refractivity contribution in [2.45, 2.75) is 60.0 Å². The zero-order chi connectivity index (χ0) is 19.9. The van der Waals surface area contributed by atoms with Gasteiger partial charge in [-0.05, 0) is 53.2 Å². The van der Waals surface area contributed by atoms with Crippen molar-refractivity contribution >= 4 is 17.3 Å². The van der Waals surface area contributed by atoms with Crippen LogP contribution in [0.2, 0.25) is 0 Å². The maximum absolute atomic E-state index is 13.2. The number of amides is 1. The van der Waals surface area contributed by atoms with Gasteiger partial charge in [-0.1, -0.05) is 25.1 Å². The van der Waals surface area contributed by atoms with Crippen LogP contribution in [0.1, 0.15) is 48.0 Å². The fraction of sp³-hybridized carbons (Fsp3) is 0.524. The summed E-state index contributed by atoms with van der Waals surface area (Å²) >= 11 is 0. The molecule has 0 saturated carbocycles. The molecule has 0 unspecified atom stereocenters. The van der Waals surface area contributed by atoms with Gasteiger partial charge in [0, 0.05) is 36.6 Å².